The number of carbonyl (C=O) groups is 2. The summed E-state index contributed by atoms with van der Waals surface area (Å²) in [6, 6.07) is 5.81. The molecule has 2 aromatic heterocycles. The summed E-state index contributed by atoms with van der Waals surface area (Å²) in [5.41, 5.74) is 5.91. The zero-order valence-electron chi connectivity index (χ0n) is 17.9. The lowest BCUT2D eigenvalue weighted by molar-refractivity contribution is -0.114. The molecule has 2 aromatic rings. The molecule has 2 fully saturated rings. The monoisotopic (exact) mass is 435 g/mol. The quantitative estimate of drug-likeness (QED) is 0.786. The Balaban J connectivity index is 1.27. The number of ether oxygens (including phenoxy) is 2. The van der Waals surface area contributed by atoms with Crippen LogP contribution in [-0.2, 0) is 20.7 Å². The zero-order chi connectivity index (χ0) is 22.1. The van der Waals surface area contributed by atoms with Crippen LogP contribution in [0.15, 0.2) is 30.6 Å². The molecule has 2 aliphatic heterocycles. The second kappa shape index (κ2) is 8.58. The number of nitrogens with zero attached hydrogens (tertiary/aromatic N) is 4. The van der Waals surface area contributed by atoms with E-state index >= 15 is 0 Å². The number of anilines is 2. The number of allylic oxidation sites excluding steroid dienone is 1. The number of aromatic nitrogens is 2. The van der Waals surface area contributed by atoms with E-state index in [1.54, 1.807) is 11.1 Å². The van der Waals surface area contributed by atoms with Crippen molar-refractivity contribution >= 4 is 35.0 Å². The van der Waals surface area contributed by atoms with Gasteiger partial charge in [0.05, 0.1) is 36.5 Å². The minimum atomic E-state index is -0.256. The van der Waals surface area contributed by atoms with Crippen molar-refractivity contribution in [3.05, 3.63) is 47.5 Å². The van der Waals surface area contributed by atoms with Gasteiger partial charge in [0.15, 0.2) is 6.10 Å². The summed E-state index contributed by atoms with van der Waals surface area (Å²) in [4.78, 5) is 36.7. The minimum absolute atomic E-state index is 0.103. The standard InChI is InChI=1S/C23H25N5O4/c1-15(29)26-17-2-3-20(25-12-17)16-10-19-21(11-16)24-5-4-22(19)27-6-8-28(9-7-27)23(30)32-18-13-31-14-18/h2-5,10,12,18H,6-9,11,13-14H2,1H3,(H,26,29). The molecule has 9 heteroatoms. The first kappa shape index (κ1) is 20.4. The Hall–Kier alpha value is -3.46. The molecule has 9 nitrogen and oxygen atoms in total. The predicted octanol–water partition coefficient (Wildman–Crippen LogP) is 2.19. The molecule has 0 aromatic carbocycles. The highest BCUT2D eigenvalue weighted by atomic mass is 16.6. The third kappa shape index (κ3) is 4.16. The molecule has 0 atom stereocenters. The van der Waals surface area contributed by atoms with Gasteiger partial charge < -0.3 is 24.6 Å². The topological polar surface area (TPSA) is 96.9 Å². The number of nitrogens with one attached hydrogen (secondary N) is 1. The van der Waals surface area contributed by atoms with Gasteiger partial charge in [-0.05, 0) is 29.8 Å². The van der Waals surface area contributed by atoms with Crippen LogP contribution in [0.25, 0.3) is 11.6 Å². The Labute approximate surface area is 186 Å². The number of hydrogen-bond donors (Lipinski definition) is 1. The van der Waals surface area contributed by atoms with Crippen LogP contribution in [0.2, 0.25) is 0 Å². The molecular formula is C23H25N5O4. The number of amides is 2. The Morgan fingerprint density at radius 2 is 1.94 bits per heavy atom. The summed E-state index contributed by atoms with van der Waals surface area (Å²) < 4.78 is 10.5. The van der Waals surface area contributed by atoms with Crippen LogP contribution < -0.4 is 10.2 Å². The highest BCUT2D eigenvalue weighted by Gasteiger charge is 2.29. The van der Waals surface area contributed by atoms with Crippen molar-refractivity contribution in [3.8, 4) is 0 Å². The molecule has 5 rings (SSSR count). The van der Waals surface area contributed by atoms with Gasteiger partial charge in [0.1, 0.15) is 0 Å². The van der Waals surface area contributed by atoms with Gasteiger partial charge in [-0.3, -0.25) is 14.8 Å². The first-order valence-electron chi connectivity index (χ1n) is 10.8. The molecule has 1 N–H and O–H groups in total. The lowest BCUT2D eigenvalue weighted by atomic mass is 10.1. The van der Waals surface area contributed by atoms with E-state index < -0.39 is 0 Å². The fourth-order valence-electron chi connectivity index (χ4n) is 4.14. The number of fused-ring (bicyclic) bond motifs is 1. The summed E-state index contributed by atoms with van der Waals surface area (Å²) in [5.74, 6) is -0.119. The van der Waals surface area contributed by atoms with Crippen molar-refractivity contribution in [2.75, 3.05) is 49.6 Å². The molecule has 0 spiro atoms. The van der Waals surface area contributed by atoms with Crippen molar-refractivity contribution in [2.45, 2.75) is 19.4 Å². The fraction of sp³-hybridized carbons (Fsp3) is 0.391. The van der Waals surface area contributed by atoms with Crippen LogP contribution in [0.3, 0.4) is 0 Å². The van der Waals surface area contributed by atoms with Gasteiger partial charge in [0.25, 0.3) is 0 Å². The number of carbonyl (C=O) groups excluding carboxylic acids is 2. The van der Waals surface area contributed by atoms with E-state index in [4.69, 9.17) is 9.47 Å². The van der Waals surface area contributed by atoms with Gasteiger partial charge in [-0.2, -0.15) is 0 Å². The molecule has 1 aliphatic carbocycles. The predicted molar refractivity (Wildman–Crippen MR) is 119 cm³/mol. The lowest BCUT2D eigenvalue weighted by Gasteiger charge is -2.37. The minimum Gasteiger partial charge on any atom is -0.441 e. The third-order valence-electron chi connectivity index (χ3n) is 5.89. The third-order valence-corrected chi connectivity index (χ3v) is 5.89. The second-order valence-electron chi connectivity index (χ2n) is 8.17. The van der Waals surface area contributed by atoms with E-state index in [2.05, 4.69) is 26.3 Å². The highest BCUT2D eigenvalue weighted by Crippen LogP contribution is 2.36. The van der Waals surface area contributed by atoms with Crippen LogP contribution in [-0.4, -0.2) is 72.4 Å². The molecule has 2 amide bonds. The first-order valence-corrected chi connectivity index (χ1v) is 10.8. The maximum absolute atomic E-state index is 12.3. The average molecular weight is 435 g/mol. The van der Waals surface area contributed by atoms with Crippen molar-refractivity contribution in [1.82, 2.24) is 14.9 Å². The number of piperazine rings is 1. The molecule has 3 aliphatic rings. The highest BCUT2D eigenvalue weighted by molar-refractivity contribution is 5.92. The molecular weight excluding hydrogens is 410 g/mol. The van der Waals surface area contributed by atoms with Gasteiger partial charge in [-0.1, -0.05) is 0 Å². The van der Waals surface area contributed by atoms with Gasteiger partial charge in [0.2, 0.25) is 5.91 Å². The molecule has 32 heavy (non-hydrogen) atoms. The van der Waals surface area contributed by atoms with E-state index in [9.17, 15) is 9.59 Å². The summed E-state index contributed by atoms with van der Waals surface area (Å²) in [6.07, 6.45) is 6.02. The molecule has 0 bridgehead atoms. The maximum Gasteiger partial charge on any atom is 0.410 e. The van der Waals surface area contributed by atoms with Crippen LogP contribution >= 0.6 is 0 Å². The van der Waals surface area contributed by atoms with Crippen LogP contribution in [0.1, 0.15) is 23.9 Å². The Morgan fingerprint density at radius 3 is 2.59 bits per heavy atom. The van der Waals surface area contributed by atoms with Gasteiger partial charge in [0, 0.05) is 57.0 Å². The van der Waals surface area contributed by atoms with Crippen molar-refractivity contribution in [3.63, 3.8) is 0 Å². The Kier molecular flexibility index (Phi) is 5.48. The van der Waals surface area contributed by atoms with Gasteiger partial charge in [-0.15, -0.1) is 0 Å². The second-order valence-corrected chi connectivity index (χ2v) is 8.17. The SMILES string of the molecule is CC(=O)Nc1ccc(C2=Cc3c(N4CCN(C(=O)OC5COC5)CC4)ccnc3C2)nc1. The van der Waals surface area contributed by atoms with Crippen LogP contribution in [0.5, 0.6) is 0 Å². The van der Waals surface area contributed by atoms with Crippen LogP contribution in [0.4, 0.5) is 16.2 Å². The Morgan fingerprint density at radius 1 is 1.12 bits per heavy atom. The summed E-state index contributed by atoms with van der Waals surface area (Å²) in [7, 11) is 0. The maximum atomic E-state index is 12.3. The molecule has 166 valence electrons. The molecule has 0 unspecified atom stereocenters. The van der Waals surface area contributed by atoms with E-state index in [0.717, 1.165) is 41.3 Å². The smallest absolute Gasteiger partial charge is 0.410 e. The van der Waals surface area contributed by atoms with E-state index in [1.807, 2.05) is 24.4 Å². The van der Waals surface area contributed by atoms with E-state index in [-0.39, 0.29) is 18.1 Å². The van der Waals surface area contributed by atoms with E-state index in [0.29, 0.717) is 38.4 Å². The van der Waals surface area contributed by atoms with Gasteiger partial charge in [-0.25, -0.2) is 4.79 Å². The van der Waals surface area contributed by atoms with Gasteiger partial charge >= 0.3 is 6.09 Å². The number of rotatable bonds is 4. The van der Waals surface area contributed by atoms with Crippen molar-refractivity contribution < 1.29 is 19.1 Å². The molecule has 4 heterocycles. The molecule has 2 saturated heterocycles. The molecule has 0 saturated carbocycles. The van der Waals surface area contributed by atoms with Crippen molar-refractivity contribution in [1.29, 1.82) is 0 Å². The van der Waals surface area contributed by atoms with Crippen LogP contribution in [0, 0.1) is 0 Å². The Bertz CT molecular complexity index is 1060. The summed E-state index contributed by atoms with van der Waals surface area (Å²) in [5, 5.41) is 2.74. The normalized spacial score (nSPS) is 18.0. The zero-order valence-corrected chi connectivity index (χ0v) is 17.9. The largest absolute Gasteiger partial charge is 0.441 e. The molecule has 0 radical (unpaired) electrons. The average Bonchev–Trinajstić information content (AvgIpc) is 3.21. The number of pyridine rings is 2. The summed E-state index contributed by atoms with van der Waals surface area (Å²) >= 11 is 0. The van der Waals surface area contributed by atoms with Crippen molar-refractivity contribution in [2.24, 2.45) is 0 Å². The fourth-order valence-corrected chi connectivity index (χ4v) is 4.14. The first-order chi connectivity index (χ1) is 15.6. The lowest BCUT2D eigenvalue weighted by Crippen LogP contribution is -2.51. The van der Waals surface area contributed by atoms with E-state index in [1.165, 1.54) is 6.92 Å². The summed E-state index contributed by atoms with van der Waals surface area (Å²) in [6.45, 7) is 5.17. The number of hydrogen-bond acceptors (Lipinski definition) is 7.